The minimum atomic E-state index is -2.88. The van der Waals surface area contributed by atoms with E-state index in [0.717, 1.165) is 0 Å². The molecule has 1 amide bonds. The van der Waals surface area contributed by atoms with Crippen LogP contribution in [0.15, 0.2) is 52.1 Å². The SMILES string of the molecule is CCNC(=NCc1ccccc1OC(F)F)N1CCN(C(=O)c2ccco2)CC1. The fourth-order valence-electron chi connectivity index (χ4n) is 3.11. The van der Waals surface area contributed by atoms with E-state index in [4.69, 9.17) is 4.42 Å². The van der Waals surface area contributed by atoms with Crippen LogP contribution in [-0.4, -0.2) is 61.0 Å². The minimum absolute atomic E-state index is 0.121. The maximum absolute atomic E-state index is 12.6. The Bertz CT molecular complexity index is 819. The Morgan fingerprint density at radius 2 is 1.90 bits per heavy atom. The van der Waals surface area contributed by atoms with Gasteiger partial charge < -0.3 is 24.3 Å². The summed E-state index contributed by atoms with van der Waals surface area (Å²) in [5.41, 5.74) is 0.579. The number of halogens is 2. The quantitative estimate of drug-likeness (QED) is 0.590. The summed E-state index contributed by atoms with van der Waals surface area (Å²) >= 11 is 0. The molecule has 0 radical (unpaired) electrons. The predicted molar refractivity (Wildman–Crippen MR) is 104 cm³/mol. The van der Waals surface area contributed by atoms with Crippen LogP contribution in [0.3, 0.4) is 0 Å². The minimum Gasteiger partial charge on any atom is -0.459 e. The third-order valence-electron chi connectivity index (χ3n) is 4.52. The highest BCUT2D eigenvalue weighted by Gasteiger charge is 2.25. The average Bonchev–Trinajstić information content (AvgIpc) is 3.26. The number of ether oxygens (including phenoxy) is 1. The molecule has 1 aromatic carbocycles. The van der Waals surface area contributed by atoms with Gasteiger partial charge in [0.2, 0.25) is 0 Å². The second-order valence-corrected chi connectivity index (χ2v) is 6.41. The van der Waals surface area contributed by atoms with Gasteiger partial charge in [-0.3, -0.25) is 4.79 Å². The van der Waals surface area contributed by atoms with E-state index in [2.05, 4.69) is 15.0 Å². The Kier molecular flexibility index (Phi) is 7.04. The highest BCUT2D eigenvalue weighted by molar-refractivity contribution is 5.91. The van der Waals surface area contributed by atoms with E-state index >= 15 is 0 Å². The highest BCUT2D eigenvalue weighted by atomic mass is 19.3. The largest absolute Gasteiger partial charge is 0.459 e. The number of carbonyl (C=O) groups is 1. The van der Waals surface area contributed by atoms with Crippen molar-refractivity contribution in [3.8, 4) is 5.75 Å². The molecule has 9 heteroatoms. The number of rotatable bonds is 6. The van der Waals surface area contributed by atoms with Gasteiger partial charge >= 0.3 is 6.61 Å². The lowest BCUT2D eigenvalue weighted by atomic mass is 10.2. The molecule has 0 spiro atoms. The molecule has 1 aliphatic heterocycles. The summed E-state index contributed by atoms with van der Waals surface area (Å²) in [6.07, 6.45) is 1.48. The molecule has 29 heavy (non-hydrogen) atoms. The van der Waals surface area contributed by atoms with Crippen molar-refractivity contribution >= 4 is 11.9 Å². The fraction of sp³-hybridized carbons (Fsp3) is 0.400. The molecule has 0 atom stereocenters. The predicted octanol–water partition coefficient (Wildman–Crippen LogP) is 2.80. The van der Waals surface area contributed by atoms with E-state index in [1.54, 1.807) is 35.2 Å². The standard InChI is InChI=1S/C20H24F2N4O3/c1-2-23-20(24-14-15-6-3-4-7-16(15)29-19(21)22)26-11-9-25(10-12-26)18(27)17-8-5-13-28-17/h3-8,13,19H,2,9-12,14H2,1H3,(H,23,24). The van der Waals surface area contributed by atoms with Crippen LogP contribution in [0.25, 0.3) is 0 Å². The molecular weight excluding hydrogens is 382 g/mol. The number of para-hydroxylation sites is 1. The molecule has 1 fully saturated rings. The summed E-state index contributed by atoms with van der Waals surface area (Å²) in [5.74, 6) is 0.990. The number of carbonyl (C=O) groups excluding carboxylic acids is 1. The maximum Gasteiger partial charge on any atom is 0.387 e. The maximum atomic E-state index is 12.6. The van der Waals surface area contributed by atoms with Gasteiger partial charge in [0.1, 0.15) is 5.75 Å². The monoisotopic (exact) mass is 406 g/mol. The van der Waals surface area contributed by atoms with Gasteiger partial charge in [-0.2, -0.15) is 8.78 Å². The van der Waals surface area contributed by atoms with Gasteiger partial charge in [-0.05, 0) is 25.1 Å². The third kappa shape index (κ3) is 5.46. The zero-order valence-electron chi connectivity index (χ0n) is 16.2. The summed E-state index contributed by atoms with van der Waals surface area (Å²) in [7, 11) is 0. The van der Waals surface area contributed by atoms with Crippen LogP contribution in [0, 0.1) is 0 Å². The lowest BCUT2D eigenvalue weighted by molar-refractivity contribution is -0.0504. The van der Waals surface area contributed by atoms with Crippen LogP contribution in [0.4, 0.5) is 8.78 Å². The lowest BCUT2D eigenvalue weighted by Gasteiger charge is -2.36. The molecule has 0 unspecified atom stereocenters. The first-order valence-electron chi connectivity index (χ1n) is 9.47. The van der Waals surface area contributed by atoms with E-state index in [1.807, 2.05) is 11.8 Å². The Balaban J connectivity index is 1.64. The van der Waals surface area contributed by atoms with Gasteiger partial charge in [0.25, 0.3) is 5.91 Å². The third-order valence-corrected chi connectivity index (χ3v) is 4.52. The highest BCUT2D eigenvalue weighted by Crippen LogP contribution is 2.21. The van der Waals surface area contributed by atoms with Crippen LogP contribution < -0.4 is 10.1 Å². The van der Waals surface area contributed by atoms with Gasteiger partial charge in [-0.25, -0.2) is 4.99 Å². The van der Waals surface area contributed by atoms with Crippen LogP contribution in [0.1, 0.15) is 23.0 Å². The number of hydrogen-bond acceptors (Lipinski definition) is 4. The summed E-state index contributed by atoms with van der Waals surface area (Å²) in [6.45, 7) is 2.23. The zero-order valence-corrected chi connectivity index (χ0v) is 16.2. The molecule has 2 aromatic rings. The van der Waals surface area contributed by atoms with Crippen LogP contribution >= 0.6 is 0 Å². The molecule has 0 bridgehead atoms. The number of hydrogen-bond donors (Lipinski definition) is 1. The Hall–Kier alpha value is -3.10. The van der Waals surface area contributed by atoms with Crippen molar-refractivity contribution in [2.45, 2.75) is 20.1 Å². The summed E-state index contributed by atoms with van der Waals surface area (Å²) in [5, 5.41) is 3.22. The number of furan rings is 1. The summed E-state index contributed by atoms with van der Waals surface area (Å²) < 4.78 is 34.9. The van der Waals surface area contributed by atoms with Gasteiger partial charge in [0, 0.05) is 38.3 Å². The second-order valence-electron chi connectivity index (χ2n) is 6.41. The van der Waals surface area contributed by atoms with Crippen molar-refractivity contribution in [3.05, 3.63) is 54.0 Å². The van der Waals surface area contributed by atoms with E-state index in [1.165, 1.54) is 12.3 Å². The Morgan fingerprint density at radius 1 is 1.17 bits per heavy atom. The first-order chi connectivity index (χ1) is 14.1. The van der Waals surface area contributed by atoms with Crippen molar-refractivity contribution in [2.75, 3.05) is 32.7 Å². The van der Waals surface area contributed by atoms with Crippen LogP contribution in [0.5, 0.6) is 5.75 Å². The molecular formula is C20H24F2N4O3. The average molecular weight is 406 g/mol. The smallest absolute Gasteiger partial charge is 0.387 e. The molecule has 1 N–H and O–H groups in total. The number of alkyl halides is 2. The molecule has 1 aromatic heterocycles. The van der Waals surface area contributed by atoms with E-state index in [-0.39, 0.29) is 18.2 Å². The lowest BCUT2D eigenvalue weighted by Crippen LogP contribution is -2.53. The second kappa shape index (κ2) is 9.90. The van der Waals surface area contributed by atoms with Crippen molar-refractivity contribution in [1.29, 1.82) is 0 Å². The molecule has 1 aliphatic rings. The Labute approximate surface area is 167 Å². The number of piperazine rings is 1. The Morgan fingerprint density at radius 3 is 2.55 bits per heavy atom. The molecule has 2 heterocycles. The van der Waals surface area contributed by atoms with Gasteiger partial charge in [0.05, 0.1) is 12.8 Å². The molecule has 3 rings (SSSR count). The molecule has 7 nitrogen and oxygen atoms in total. The summed E-state index contributed by atoms with van der Waals surface area (Å²) in [4.78, 5) is 20.8. The first kappa shape index (κ1) is 20.6. The van der Waals surface area contributed by atoms with Crippen LogP contribution in [-0.2, 0) is 6.54 Å². The van der Waals surface area contributed by atoms with Gasteiger partial charge in [-0.1, -0.05) is 18.2 Å². The number of amides is 1. The number of nitrogens with one attached hydrogen (secondary N) is 1. The van der Waals surface area contributed by atoms with Crippen molar-refractivity contribution in [1.82, 2.24) is 15.1 Å². The van der Waals surface area contributed by atoms with E-state index in [9.17, 15) is 13.6 Å². The number of benzene rings is 1. The molecule has 1 saturated heterocycles. The first-order valence-corrected chi connectivity index (χ1v) is 9.47. The van der Waals surface area contributed by atoms with Gasteiger partial charge in [-0.15, -0.1) is 0 Å². The van der Waals surface area contributed by atoms with Gasteiger partial charge in [0.15, 0.2) is 11.7 Å². The van der Waals surface area contributed by atoms with Crippen molar-refractivity contribution in [2.24, 2.45) is 4.99 Å². The topological polar surface area (TPSA) is 70.3 Å². The van der Waals surface area contributed by atoms with Crippen LogP contribution in [0.2, 0.25) is 0 Å². The fourth-order valence-corrected chi connectivity index (χ4v) is 3.11. The number of nitrogens with zero attached hydrogens (tertiary/aromatic N) is 3. The normalized spacial score (nSPS) is 15.0. The molecule has 156 valence electrons. The molecule has 0 aliphatic carbocycles. The number of guanidine groups is 1. The van der Waals surface area contributed by atoms with Crippen molar-refractivity contribution < 1.29 is 22.7 Å². The van der Waals surface area contributed by atoms with Crippen molar-refractivity contribution in [3.63, 3.8) is 0 Å². The number of aliphatic imine (C=N–C) groups is 1. The van der Waals surface area contributed by atoms with E-state index < -0.39 is 6.61 Å². The van der Waals surface area contributed by atoms with E-state index in [0.29, 0.717) is 50.0 Å². The molecule has 0 saturated carbocycles. The summed E-state index contributed by atoms with van der Waals surface area (Å²) in [6, 6.07) is 9.96. The zero-order chi connectivity index (χ0) is 20.6.